The summed E-state index contributed by atoms with van der Waals surface area (Å²) in [6.07, 6.45) is 7.85. The maximum atomic E-state index is 13.9. The number of nitrogens with zero attached hydrogens (tertiary/aromatic N) is 1. The molecule has 0 radical (unpaired) electrons. The van der Waals surface area contributed by atoms with Crippen molar-refractivity contribution in [3.05, 3.63) is 34.4 Å². The molecule has 204 valence electrons. The fraction of sp³-hybridized carbons (Fsp3) is 0.577. The Balaban J connectivity index is 1.69. The fourth-order valence-corrected chi connectivity index (χ4v) is 4.67. The Bertz CT molecular complexity index is 1050. The number of alkyl halides is 3. The topological polar surface area (TPSA) is 94.2 Å². The minimum atomic E-state index is -3.20. The number of halogens is 3. The van der Waals surface area contributed by atoms with Crippen LogP contribution in [-0.4, -0.2) is 60.7 Å². The second-order valence-corrected chi connectivity index (χ2v) is 10.5. The van der Waals surface area contributed by atoms with Gasteiger partial charge >= 0.3 is 16.5 Å². The summed E-state index contributed by atoms with van der Waals surface area (Å²) >= 11 is 10.7. The SMILES string of the molecule is COc1c(C)c2c(c(NC(=O)C(F)(Cl)Cl)c1C/C=C/CC(C)C(=O)OCCN1CCCCC1)C(=O)OC2. The molecule has 0 aromatic heterocycles. The van der Waals surface area contributed by atoms with Gasteiger partial charge < -0.3 is 19.5 Å². The van der Waals surface area contributed by atoms with Crippen molar-refractivity contribution in [2.75, 3.05) is 38.7 Å². The van der Waals surface area contributed by atoms with E-state index < -0.39 is 16.5 Å². The maximum Gasteiger partial charge on any atom is 0.341 e. The lowest BCUT2D eigenvalue weighted by Gasteiger charge is -2.26. The minimum Gasteiger partial charge on any atom is -0.496 e. The first-order valence-electron chi connectivity index (χ1n) is 12.4. The lowest BCUT2D eigenvalue weighted by molar-refractivity contribution is -0.148. The lowest BCUT2D eigenvalue weighted by Crippen LogP contribution is -2.33. The summed E-state index contributed by atoms with van der Waals surface area (Å²) in [4.78, 5) is 39.4. The van der Waals surface area contributed by atoms with E-state index in [4.69, 9.17) is 37.4 Å². The Morgan fingerprint density at radius 3 is 2.59 bits per heavy atom. The Hall–Kier alpha value is -2.36. The predicted octanol–water partition coefficient (Wildman–Crippen LogP) is 4.87. The van der Waals surface area contributed by atoms with E-state index >= 15 is 0 Å². The average Bonchev–Trinajstić information content (AvgIpc) is 3.25. The van der Waals surface area contributed by atoms with E-state index in [2.05, 4.69) is 10.2 Å². The number of esters is 2. The Labute approximate surface area is 226 Å². The largest absolute Gasteiger partial charge is 0.496 e. The van der Waals surface area contributed by atoms with Crippen molar-refractivity contribution >= 4 is 46.7 Å². The van der Waals surface area contributed by atoms with Gasteiger partial charge in [-0.2, -0.15) is 4.39 Å². The van der Waals surface area contributed by atoms with E-state index in [-0.39, 0.29) is 36.2 Å². The molecule has 2 aliphatic heterocycles. The van der Waals surface area contributed by atoms with Crippen LogP contribution in [-0.2, 0) is 32.1 Å². The van der Waals surface area contributed by atoms with E-state index in [9.17, 15) is 18.8 Å². The summed E-state index contributed by atoms with van der Waals surface area (Å²) in [5, 5.41) is 2.33. The molecule has 37 heavy (non-hydrogen) atoms. The zero-order chi connectivity index (χ0) is 27.2. The molecule has 1 amide bonds. The van der Waals surface area contributed by atoms with Crippen molar-refractivity contribution in [3.8, 4) is 5.75 Å². The normalized spacial score (nSPS) is 16.9. The number of piperidine rings is 1. The van der Waals surface area contributed by atoms with Gasteiger partial charge in [0.05, 0.1) is 24.3 Å². The molecular formula is C26H33Cl2FN2O6. The molecule has 0 aliphatic carbocycles. The Kier molecular flexibility index (Phi) is 10.2. The number of carbonyl (C=O) groups excluding carboxylic acids is 3. The summed E-state index contributed by atoms with van der Waals surface area (Å²) in [6.45, 7) is 6.76. The molecule has 1 unspecified atom stereocenters. The zero-order valence-electron chi connectivity index (χ0n) is 21.3. The van der Waals surface area contributed by atoms with Crippen molar-refractivity contribution in [1.82, 2.24) is 4.90 Å². The third kappa shape index (κ3) is 7.36. The third-order valence-electron chi connectivity index (χ3n) is 6.65. The number of allylic oxidation sites excluding steroid dienone is 2. The molecule has 0 spiro atoms. The minimum absolute atomic E-state index is 0.00471. The van der Waals surface area contributed by atoms with Gasteiger partial charge in [0.1, 0.15) is 19.0 Å². The van der Waals surface area contributed by atoms with Gasteiger partial charge in [-0.25, -0.2) is 4.79 Å². The summed E-state index contributed by atoms with van der Waals surface area (Å²) in [5.74, 6) is -2.21. The monoisotopic (exact) mass is 558 g/mol. The molecule has 2 heterocycles. The molecule has 2 aliphatic rings. The molecule has 1 aromatic carbocycles. The molecule has 11 heteroatoms. The Morgan fingerprint density at radius 1 is 1.24 bits per heavy atom. The van der Waals surface area contributed by atoms with Crippen LogP contribution < -0.4 is 10.1 Å². The number of benzene rings is 1. The molecular weight excluding hydrogens is 526 g/mol. The number of fused-ring (bicyclic) bond motifs is 1. The first kappa shape index (κ1) is 29.2. The van der Waals surface area contributed by atoms with Gasteiger partial charge in [-0.15, -0.1) is 0 Å². The molecule has 3 rings (SSSR count). The number of cyclic esters (lactones) is 1. The fourth-order valence-electron chi connectivity index (χ4n) is 4.57. The van der Waals surface area contributed by atoms with Crippen LogP contribution in [0.2, 0.25) is 0 Å². The summed E-state index contributed by atoms with van der Waals surface area (Å²) in [5.41, 5.74) is 1.76. The Morgan fingerprint density at radius 2 is 1.95 bits per heavy atom. The first-order valence-corrected chi connectivity index (χ1v) is 13.1. The number of anilines is 1. The van der Waals surface area contributed by atoms with Crippen LogP contribution in [0.1, 0.15) is 59.7 Å². The number of methoxy groups -OCH3 is 1. The van der Waals surface area contributed by atoms with E-state index in [1.165, 1.54) is 26.4 Å². The van der Waals surface area contributed by atoms with Gasteiger partial charge in [0, 0.05) is 17.7 Å². The quantitative estimate of drug-likeness (QED) is 0.235. The van der Waals surface area contributed by atoms with Crippen LogP contribution >= 0.6 is 23.2 Å². The van der Waals surface area contributed by atoms with Gasteiger partial charge in [-0.05, 0) is 51.3 Å². The highest BCUT2D eigenvalue weighted by Gasteiger charge is 2.38. The number of rotatable bonds is 11. The molecule has 1 fully saturated rings. The van der Waals surface area contributed by atoms with Crippen LogP contribution in [0.4, 0.5) is 10.1 Å². The summed E-state index contributed by atoms with van der Waals surface area (Å²) in [6, 6.07) is 0. The van der Waals surface area contributed by atoms with Gasteiger partial charge in [-0.1, -0.05) is 48.7 Å². The highest BCUT2D eigenvalue weighted by Crippen LogP contribution is 2.42. The number of nitrogens with one attached hydrogen (secondary N) is 1. The summed E-state index contributed by atoms with van der Waals surface area (Å²) in [7, 11) is 1.45. The van der Waals surface area contributed by atoms with Crippen molar-refractivity contribution in [2.24, 2.45) is 5.92 Å². The van der Waals surface area contributed by atoms with E-state index in [0.717, 1.165) is 19.6 Å². The standard InChI is InChI=1S/C26H33Cl2FN2O6/c1-16(23(32)36-14-13-31-11-7-4-8-12-31)9-5-6-10-18-21(30-25(34)26(27,28)29)20-19(15-37-24(20)33)17(2)22(18)35-3/h5-6,16H,4,7-15H2,1-3H3,(H,30,34)/b6-5+. The number of amides is 1. The molecule has 1 atom stereocenters. The molecule has 1 N–H and O–H groups in total. The van der Waals surface area contributed by atoms with Crippen molar-refractivity contribution < 1.29 is 33.0 Å². The van der Waals surface area contributed by atoms with E-state index in [1.54, 1.807) is 19.9 Å². The molecule has 0 saturated carbocycles. The van der Waals surface area contributed by atoms with Gasteiger partial charge in [0.25, 0.3) is 5.91 Å². The maximum absolute atomic E-state index is 13.9. The smallest absolute Gasteiger partial charge is 0.341 e. The van der Waals surface area contributed by atoms with Gasteiger partial charge in [0.15, 0.2) is 0 Å². The second-order valence-electron chi connectivity index (χ2n) is 9.28. The van der Waals surface area contributed by atoms with Crippen LogP contribution in [0, 0.1) is 12.8 Å². The van der Waals surface area contributed by atoms with E-state index in [1.807, 2.05) is 6.08 Å². The lowest BCUT2D eigenvalue weighted by atomic mass is 9.93. The molecule has 1 aromatic rings. The number of hydrogen-bond acceptors (Lipinski definition) is 7. The second kappa shape index (κ2) is 12.9. The highest BCUT2D eigenvalue weighted by atomic mass is 35.5. The number of likely N-dealkylation sites (tertiary alicyclic amines) is 1. The van der Waals surface area contributed by atoms with Crippen LogP contribution in [0.15, 0.2) is 12.2 Å². The van der Waals surface area contributed by atoms with Crippen LogP contribution in [0.5, 0.6) is 5.75 Å². The highest BCUT2D eigenvalue weighted by molar-refractivity contribution is 6.57. The number of hydrogen-bond donors (Lipinski definition) is 1. The average molecular weight is 559 g/mol. The predicted molar refractivity (Wildman–Crippen MR) is 139 cm³/mol. The molecule has 8 nitrogen and oxygen atoms in total. The van der Waals surface area contributed by atoms with Crippen molar-refractivity contribution in [2.45, 2.75) is 57.1 Å². The van der Waals surface area contributed by atoms with Crippen LogP contribution in [0.3, 0.4) is 0 Å². The van der Waals surface area contributed by atoms with Crippen molar-refractivity contribution in [3.63, 3.8) is 0 Å². The molecule has 1 saturated heterocycles. The van der Waals surface area contributed by atoms with Crippen molar-refractivity contribution in [1.29, 1.82) is 0 Å². The zero-order valence-corrected chi connectivity index (χ0v) is 22.8. The molecule has 0 bridgehead atoms. The first-order chi connectivity index (χ1) is 17.5. The van der Waals surface area contributed by atoms with Gasteiger partial charge in [-0.3, -0.25) is 14.5 Å². The van der Waals surface area contributed by atoms with E-state index in [0.29, 0.717) is 35.5 Å². The number of ether oxygens (including phenoxy) is 3. The third-order valence-corrected chi connectivity index (χ3v) is 7.00. The number of carbonyl (C=O) groups is 3. The van der Waals surface area contributed by atoms with Crippen LogP contribution in [0.25, 0.3) is 0 Å². The van der Waals surface area contributed by atoms with Gasteiger partial charge in [0.2, 0.25) is 0 Å². The summed E-state index contributed by atoms with van der Waals surface area (Å²) < 4.78 is 26.8.